The molecule has 210 valence electrons. The van der Waals surface area contributed by atoms with Gasteiger partial charge in [0.2, 0.25) is 0 Å². The second-order valence-electron chi connectivity index (χ2n) is 9.18. The number of carbonyl (C=O) groups is 1. The molecule has 0 radical (unpaired) electrons. The molecular weight excluding hydrogens is 567 g/mol. The minimum absolute atomic E-state index is 0.193. The van der Waals surface area contributed by atoms with Gasteiger partial charge in [-0.2, -0.15) is 0 Å². The second-order valence-corrected chi connectivity index (χ2v) is 10.6. The molecule has 3 aromatic carbocycles. The number of hydrogen-bond acceptors (Lipinski definition) is 7. The fraction of sp³-hybridized carbons (Fsp3) is 0.194. The number of benzene rings is 3. The molecule has 0 saturated carbocycles. The molecular formula is C31H26ClFN2O5S. The highest BCUT2D eigenvalue weighted by molar-refractivity contribution is 7.07. The molecule has 1 atom stereocenters. The number of allylic oxidation sites excluding steroid dienone is 1. The third-order valence-corrected chi connectivity index (χ3v) is 7.73. The topological polar surface area (TPSA) is 79.1 Å². The summed E-state index contributed by atoms with van der Waals surface area (Å²) in [6.45, 7) is 3.90. The van der Waals surface area contributed by atoms with E-state index >= 15 is 0 Å². The van der Waals surface area contributed by atoms with Gasteiger partial charge in [-0.15, -0.1) is 0 Å². The number of thiazole rings is 1. The number of nitrogens with zero attached hydrogens (tertiary/aromatic N) is 2. The van der Waals surface area contributed by atoms with Crippen molar-refractivity contribution in [3.63, 3.8) is 0 Å². The Morgan fingerprint density at radius 1 is 1.10 bits per heavy atom. The largest absolute Gasteiger partial charge is 0.493 e. The lowest BCUT2D eigenvalue weighted by molar-refractivity contribution is -0.139. The van der Waals surface area contributed by atoms with Gasteiger partial charge in [0.15, 0.2) is 16.3 Å². The number of rotatable bonds is 8. The van der Waals surface area contributed by atoms with E-state index in [4.69, 9.17) is 25.8 Å². The minimum atomic E-state index is -0.721. The molecule has 1 aliphatic heterocycles. The first-order valence-corrected chi connectivity index (χ1v) is 14.0. The number of halogens is 2. The number of hydrogen-bond donors (Lipinski definition) is 0. The Hall–Kier alpha value is -4.21. The van der Waals surface area contributed by atoms with Crippen molar-refractivity contribution >= 4 is 35.0 Å². The van der Waals surface area contributed by atoms with Gasteiger partial charge in [0.1, 0.15) is 12.4 Å². The van der Waals surface area contributed by atoms with Crippen LogP contribution in [0.2, 0.25) is 5.02 Å². The Balaban J connectivity index is 1.53. The Morgan fingerprint density at radius 2 is 1.83 bits per heavy atom. The molecule has 0 N–H and O–H groups in total. The van der Waals surface area contributed by atoms with E-state index in [1.54, 1.807) is 68.5 Å². The van der Waals surface area contributed by atoms with Crippen molar-refractivity contribution in [3.05, 3.63) is 125 Å². The number of aromatic nitrogens is 1. The van der Waals surface area contributed by atoms with Crippen molar-refractivity contribution in [1.82, 2.24) is 4.57 Å². The molecule has 1 aromatic heterocycles. The second kappa shape index (κ2) is 12.1. The molecule has 0 amide bonds. The van der Waals surface area contributed by atoms with E-state index in [2.05, 4.69) is 4.99 Å². The lowest BCUT2D eigenvalue weighted by atomic mass is 9.96. The summed E-state index contributed by atoms with van der Waals surface area (Å²) in [6.07, 6.45) is 1.75. The Labute approximate surface area is 244 Å². The van der Waals surface area contributed by atoms with Crippen LogP contribution >= 0.6 is 22.9 Å². The summed E-state index contributed by atoms with van der Waals surface area (Å²) in [5.41, 5.74) is 2.73. The number of fused-ring (bicyclic) bond motifs is 1. The van der Waals surface area contributed by atoms with Crippen LogP contribution in [0, 0.1) is 5.82 Å². The molecule has 10 heteroatoms. The molecule has 4 aromatic rings. The van der Waals surface area contributed by atoms with Crippen molar-refractivity contribution in [2.24, 2.45) is 4.99 Å². The van der Waals surface area contributed by atoms with Crippen LogP contribution in [0.4, 0.5) is 4.39 Å². The zero-order valence-corrected chi connectivity index (χ0v) is 24.1. The lowest BCUT2D eigenvalue weighted by Gasteiger charge is -2.24. The Kier molecular flexibility index (Phi) is 8.37. The van der Waals surface area contributed by atoms with Crippen molar-refractivity contribution in [2.75, 3.05) is 13.7 Å². The molecule has 0 saturated heterocycles. The molecule has 0 fully saturated rings. The number of esters is 1. The first-order valence-electron chi connectivity index (χ1n) is 12.8. The highest BCUT2D eigenvalue weighted by Crippen LogP contribution is 2.32. The summed E-state index contributed by atoms with van der Waals surface area (Å²) < 4.78 is 31.9. The van der Waals surface area contributed by atoms with Crippen molar-refractivity contribution < 1.29 is 23.4 Å². The van der Waals surface area contributed by atoms with Crippen LogP contribution in [0.1, 0.15) is 36.6 Å². The summed E-state index contributed by atoms with van der Waals surface area (Å²) in [5.74, 6) is 0.151. The van der Waals surface area contributed by atoms with Gasteiger partial charge in [-0.1, -0.05) is 53.3 Å². The quantitative estimate of drug-likeness (QED) is 0.264. The van der Waals surface area contributed by atoms with E-state index in [9.17, 15) is 14.0 Å². The van der Waals surface area contributed by atoms with Crippen LogP contribution in [0.5, 0.6) is 11.5 Å². The van der Waals surface area contributed by atoms with E-state index in [1.807, 2.05) is 6.07 Å². The highest BCUT2D eigenvalue weighted by atomic mass is 35.5. The number of methoxy groups -OCH3 is 1. The van der Waals surface area contributed by atoms with E-state index in [1.165, 1.54) is 35.1 Å². The van der Waals surface area contributed by atoms with Gasteiger partial charge in [-0.05, 0) is 73.0 Å². The molecule has 0 aliphatic carbocycles. The molecule has 41 heavy (non-hydrogen) atoms. The summed E-state index contributed by atoms with van der Waals surface area (Å²) in [6, 6.07) is 17.7. The molecule has 7 nitrogen and oxygen atoms in total. The monoisotopic (exact) mass is 592 g/mol. The zero-order valence-electron chi connectivity index (χ0n) is 22.5. The van der Waals surface area contributed by atoms with Gasteiger partial charge in [-0.3, -0.25) is 9.36 Å². The van der Waals surface area contributed by atoms with Crippen LogP contribution < -0.4 is 24.4 Å². The first-order chi connectivity index (χ1) is 19.8. The smallest absolute Gasteiger partial charge is 0.338 e. The van der Waals surface area contributed by atoms with E-state index in [0.717, 1.165) is 5.56 Å². The SMILES string of the molecule is CCOC(=O)C1=C(C)N=c2sc(=Cc3ccc(OCc4ccc(F)cc4)c(OC)c3)c(=O)n2C1c1ccc(Cl)cc1. The summed E-state index contributed by atoms with van der Waals surface area (Å²) in [4.78, 5) is 31.9. The standard InChI is InChI=1S/C31H26ClFN2O5S/c1-4-39-30(37)27-18(2)34-31-35(28(27)21-8-10-22(32)11-9-21)29(36)26(41-31)16-20-7-14-24(25(15-20)38-3)40-17-19-5-12-23(33)13-6-19/h5-16,28H,4,17H2,1-3H3. The summed E-state index contributed by atoms with van der Waals surface area (Å²) in [7, 11) is 1.53. The molecule has 5 rings (SSSR count). The highest BCUT2D eigenvalue weighted by Gasteiger charge is 2.33. The van der Waals surface area contributed by atoms with E-state index < -0.39 is 12.0 Å². The van der Waals surface area contributed by atoms with Gasteiger partial charge >= 0.3 is 5.97 Å². The predicted molar refractivity (Wildman–Crippen MR) is 156 cm³/mol. The Bertz CT molecular complexity index is 1810. The minimum Gasteiger partial charge on any atom is -0.493 e. The predicted octanol–water partition coefficient (Wildman–Crippen LogP) is 5.18. The maximum Gasteiger partial charge on any atom is 0.338 e. The summed E-state index contributed by atoms with van der Waals surface area (Å²) in [5, 5.41) is 0.540. The fourth-order valence-electron chi connectivity index (χ4n) is 4.54. The summed E-state index contributed by atoms with van der Waals surface area (Å²) >= 11 is 7.35. The maximum absolute atomic E-state index is 13.8. The van der Waals surface area contributed by atoms with Gasteiger partial charge in [0, 0.05) is 5.02 Å². The van der Waals surface area contributed by atoms with Gasteiger partial charge in [-0.25, -0.2) is 14.2 Å². The Morgan fingerprint density at radius 3 is 2.51 bits per heavy atom. The van der Waals surface area contributed by atoms with Crippen LogP contribution in [0.25, 0.3) is 6.08 Å². The van der Waals surface area contributed by atoms with Gasteiger partial charge in [0.05, 0.1) is 35.6 Å². The van der Waals surface area contributed by atoms with E-state index in [-0.39, 0.29) is 24.6 Å². The molecule has 0 bridgehead atoms. The van der Waals surface area contributed by atoms with Gasteiger partial charge in [0.25, 0.3) is 5.56 Å². The van der Waals surface area contributed by atoms with Crippen LogP contribution in [-0.4, -0.2) is 24.3 Å². The fourth-order valence-corrected chi connectivity index (χ4v) is 5.71. The lowest BCUT2D eigenvalue weighted by Crippen LogP contribution is -2.39. The van der Waals surface area contributed by atoms with E-state index in [0.29, 0.717) is 48.3 Å². The third kappa shape index (κ3) is 5.96. The molecule has 1 aliphatic rings. The third-order valence-electron chi connectivity index (χ3n) is 6.50. The number of carbonyl (C=O) groups excluding carboxylic acids is 1. The number of ether oxygens (including phenoxy) is 3. The molecule has 0 spiro atoms. The van der Waals surface area contributed by atoms with Gasteiger partial charge < -0.3 is 14.2 Å². The van der Waals surface area contributed by atoms with Crippen molar-refractivity contribution in [1.29, 1.82) is 0 Å². The normalized spacial score (nSPS) is 14.9. The maximum atomic E-state index is 13.8. The van der Waals surface area contributed by atoms with Crippen molar-refractivity contribution in [3.8, 4) is 11.5 Å². The average molecular weight is 593 g/mol. The molecule has 2 heterocycles. The first kappa shape index (κ1) is 28.3. The molecule has 1 unspecified atom stereocenters. The average Bonchev–Trinajstić information content (AvgIpc) is 3.26. The van der Waals surface area contributed by atoms with Crippen LogP contribution in [0.15, 0.2) is 87.8 Å². The van der Waals surface area contributed by atoms with Crippen molar-refractivity contribution in [2.45, 2.75) is 26.5 Å². The van der Waals surface area contributed by atoms with Crippen LogP contribution in [0.3, 0.4) is 0 Å². The van der Waals surface area contributed by atoms with Crippen LogP contribution in [-0.2, 0) is 16.1 Å². The zero-order chi connectivity index (χ0) is 29.1.